The number of carbonyl (C=O) groups is 2. The Morgan fingerprint density at radius 2 is 1.85 bits per heavy atom. The fourth-order valence-corrected chi connectivity index (χ4v) is 5.61. The lowest BCUT2D eigenvalue weighted by molar-refractivity contribution is -0.131. The van der Waals surface area contributed by atoms with Crippen LogP contribution in [-0.2, 0) is 20.7 Å². The standard InChI is InChI=1S/C29H29N5O7/c1-15(35)39-20-11-5-4-10-18(20)22(36)25(40-19-12-6-8-16-7-2-3-9-17(16)19)26-23(37)24(38)29(41-26)34-14-33-21-27(30)31-13-32-28(21)34/h2-5,7,9-11,13-14,19,23-26,29,37-38H,6,8,12H2,1H3,(H2,30,31,32)/t19?,23-,24+,25?,26-,29+/m0/s1. The van der Waals surface area contributed by atoms with Crippen molar-refractivity contribution >= 4 is 28.7 Å². The summed E-state index contributed by atoms with van der Waals surface area (Å²) < 4.78 is 19.5. The molecule has 4 aromatic rings. The first kappa shape index (κ1) is 27.0. The number of aliphatic hydroxyl groups is 2. The molecule has 2 aromatic carbocycles. The number of hydrogen-bond acceptors (Lipinski definition) is 11. The Morgan fingerprint density at radius 3 is 2.68 bits per heavy atom. The Morgan fingerprint density at radius 1 is 1.07 bits per heavy atom. The van der Waals surface area contributed by atoms with Gasteiger partial charge in [0.25, 0.3) is 0 Å². The molecule has 12 nitrogen and oxygen atoms in total. The minimum absolute atomic E-state index is 0.0556. The number of aliphatic hydroxyl groups excluding tert-OH is 2. The van der Waals surface area contributed by atoms with Gasteiger partial charge in [-0.3, -0.25) is 14.2 Å². The lowest BCUT2D eigenvalue weighted by atomic mass is 9.88. The van der Waals surface area contributed by atoms with Gasteiger partial charge in [-0.1, -0.05) is 36.4 Å². The van der Waals surface area contributed by atoms with Crippen molar-refractivity contribution in [2.24, 2.45) is 0 Å². The van der Waals surface area contributed by atoms with E-state index in [0.29, 0.717) is 17.6 Å². The van der Waals surface area contributed by atoms with Crippen molar-refractivity contribution in [2.75, 3.05) is 5.73 Å². The molecule has 212 valence electrons. The van der Waals surface area contributed by atoms with Gasteiger partial charge < -0.3 is 30.2 Å². The number of nitrogens with two attached hydrogens (primary N) is 1. The zero-order valence-corrected chi connectivity index (χ0v) is 22.2. The number of nitrogen functional groups attached to an aromatic ring is 1. The number of ketones is 1. The molecule has 1 fully saturated rings. The second-order valence-electron chi connectivity index (χ2n) is 10.1. The number of anilines is 1. The number of carbonyl (C=O) groups excluding carboxylic acids is 2. The fraction of sp³-hybridized carbons (Fsp3) is 0.345. The van der Waals surface area contributed by atoms with Crippen LogP contribution in [0.4, 0.5) is 5.82 Å². The van der Waals surface area contributed by atoms with Gasteiger partial charge in [0.2, 0.25) is 0 Å². The van der Waals surface area contributed by atoms with Crippen molar-refractivity contribution in [2.45, 2.75) is 62.9 Å². The minimum atomic E-state index is -1.52. The predicted molar refractivity (Wildman–Crippen MR) is 145 cm³/mol. The second-order valence-corrected chi connectivity index (χ2v) is 10.1. The Bertz CT molecular complexity index is 1610. The molecule has 1 aliphatic carbocycles. The van der Waals surface area contributed by atoms with E-state index in [9.17, 15) is 19.8 Å². The topological polar surface area (TPSA) is 172 Å². The van der Waals surface area contributed by atoms with Crippen LogP contribution in [0.25, 0.3) is 11.2 Å². The number of hydrogen-bond donors (Lipinski definition) is 3. The molecule has 0 spiro atoms. The van der Waals surface area contributed by atoms with E-state index in [4.69, 9.17) is 19.9 Å². The molecule has 6 atom stereocenters. The number of nitrogens with zero attached hydrogens (tertiary/aromatic N) is 4. The van der Waals surface area contributed by atoms with Crippen molar-refractivity contribution in [1.82, 2.24) is 19.5 Å². The highest BCUT2D eigenvalue weighted by Gasteiger charge is 2.51. The molecule has 2 aromatic heterocycles. The molecule has 3 heterocycles. The van der Waals surface area contributed by atoms with Crippen LogP contribution in [0.5, 0.6) is 5.75 Å². The van der Waals surface area contributed by atoms with Crippen molar-refractivity contribution in [3.05, 3.63) is 77.9 Å². The number of imidazole rings is 1. The fourth-order valence-electron chi connectivity index (χ4n) is 5.61. The normalized spacial score (nSPS) is 24.6. The molecular formula is C29H29N5O7. The number of rotatable bonds is 7. The molecule has 2 aliphatic rings. The molecule has 0 bridgehead atoms. The first-order valence-corrected chi connectivity index (χ1v) is 13.3. The summed E-state index contributed by atoms with van der Waals surface area (Å²) in [5, 5.41) is 22.4. The molecule has 0 amide bonds. The van der Waals surface area contributed by atoms with Gasteiger partial charge in [0, 0.05) is 6.92 Å². The van der Waals surface area contributed by atoms with E-state index in [0.717, 1.165) is 24.0 Å². The van der Waals surface area contributed by atoms with E-state index < -0.39 is 48.5 Å². The van der Waals surface area contributed by atoms with Gasteiger partial charge in [-0.2, -0.15) is 0 Å². The summed E-state index contributed by atoms with van der Waals surface area (Å²) in [6.45, 7) is 1.24. The summed E-state index contributed by atoms with van der Waals surface area (Å²) >= 11 is 0. The number of aromatic nitrogens is 4. The van der Waals surface area contributed by atoms with E-state index in [2.05, 4.69) is 15.0 Å². The van der Waals surface area contributed by atoms with Crippen LogP contribution >= 0.6 is 0 Å². The van der Waals surface area contributed by atoms with E-state index in [1.165, 1.54) is 36.3 Å². The number of benzene rings is 2. The van der Waals surface area contributed by atoms with Crippen LogP contribution in [0.1, 0.15) is 53.6 Å². The molecule has 1 saturated heterocycles. The quantitative estimate of drug-likeness (QED) is 0.172. The molecule has 41 heavy (non-hydrogen) atoms. The van der Waals surface area contributed by atoms with Gasteiger partial charge in [-0.15, -0.1) is 0 Å². The Hall–Kier alpha value is -4.23. The van der Waals surface area contributed by atoms with Crippen LogP contribution in [0.3, 0.4) is 0 Å². The van der Waals surface area contributed by atoms with Gasteiger partial charge >= 0.3 is 5.97 Å². The largest absolute Gasteiger partial charge is 0.426 e. The highest BCUT2D eigenvalue weighted by Crippen LogP contribution is 2.39. The lowest BCUT2D eigenvalue weighted by Gasteiger charge is -2.32. The average molecular weight is 560 g/mol. The first-order valence-electron chi connectivity index (χ1n) is 13.3. The van der Waals surface area contributed by atoms with Crippen LogP contribution in [0.2, 0.25) is 0 Å². The molecule has 2 unspecified atom stereocenters. The third-order valence-electron chi connectivity index (χ3n) is 7.52. The van der Waals surface area contributed by atoms with E-state index in [-0.39, 0.29) is 17.1 Å². The van der Waals surface area contributed by atoms with Crippen molar-refractivity contribution in [3.63, 3.8) is 0 Å². The molecule has 12 heteroatoms. The van der Waals surface area contributed by atoms with Crippen LogP contribution < -0.4 is 10.5 Å². The van der Waals surface area contributed by atoms with Gasteiger partial charge in [0.15, 0.2) is 29.6 Å². The summed E-state index contributed by atoms with van der Waals surface area (Å²) in [6, 6.07) is 14.1. The van der Waals surface area contributed by atoms with Crippen molar-refractivity contribution in [1.29, 1.82) is 0 Å². The summed E-state index contributed by atoms with van der Waals surface area (Å²) in [4.78, 5) is 38.3. The number of fused-ring (bicyclic) bond motifs is 2. The van der Waals surface area contributed by atoms with E-state index >= 15 is 0 Å². The third-order valence-corrected chi connectivity index (χ3v) is 7.52. The first-order chi connectivity index (χ1) is 19.8. The number of ether oxygens (including phenoxy) is 3. The summed E-state index contributed by atoms with van der Waals surface area (Å²) in [6.07, 6.45) is -2.27. The third kappa shape index (κ3) is 4.95. The lowest BCUT2D eigenvalue weighted by Crippen LogP contribution is -2.45. The van der Waals surface area contributed by atoms with E-state index in [1.54, 1.807) is 12.1 Å². The van der Waals surface area contributed by atoms with Gasteiger partial charge in [-0.05, 0) is 42.5 Å². The summed E-state index contributed by atoms with van der Waals surface area (Å²) in [5.41, 5.74) is 8.66. The van der Waals surface area contributed by atoms with Crippen LogP contribution in [0.15, 0.2) is 61.2 Å². The monoisotopic (exact) mass is 559 g/mol. The highest BCUT2D eigenvalue weighted by atomic mass is 16.6. The smallest absolute Gasteiger partial charge is 0.308 e. The van der Waals surface area contributed by atoms with Gasteiger partial charge in [-0.25, -0.2) is 15.0 Å². The number of para-hydroxylation sites is 1. The number of Topliss-reactive ketones (excluding diaryl/α,β-unsaturated/α-hetero) is 1. The second kappa shape index (κ2) is 11.0. The number of aryl methyl sites for hydroxylation is 1. The molecule has 0 saturated carbocycles. The Kier molecular flexibility index (Phi) is 7.22. The van der Waals surface area contributed by atoms with Gasteiger partial charge in [0.05, 0.1) is 18.0 Å². The highest BCUT2D eigenvalue weighted by molar-refractivity contribution is 6.02. The summed E-state index contributed by atoms with van der Waals surface area (Å²) in [7, 11) is 0. The minimum Gasteiger partial charge on any atom is -0.426 e. The molecule has 0 radical (unpaired) electrons. The van der Waals surface area contributed by atoms with Gasteiger partial charge in [0.1, 0.15) is 35.9 Å². The van der Waals surface area contributed by atoms with Crippen LogP contribution in [0, 0.1) is 0 Å². The van der Waals surface area contributed by atoms with Crippen molar-refractivity contribution < 1.29 is 34.0 Å². The average Bonchev–Trinajstić information content (AvgIpc) is 3.53. The SMILES string of the molecule is CC(=O)Oc1ccccc1C(=O)C(OC1CCCc2ccccc21)[C@H]1O[C@@H](n2cnc3c(N)ncnc32)[C@H](O)[C@@H]1O. The van der Waals surface area contributed by atoms with Crippen molar-refractivity contribution in [3.8, 4) is 5.75 Å². The molecular weight excluding hydrogens is 530 g/mol. The Labute approximate surface area is 234 Å². The maximum atomic E-state index is 14.2. The maximum Gasteiger partial charge on any atom is 0.308 e. The molecule has 6 rings (SSSR count). The predicted octanol–water partition coefficient (Wildman–Crippen LogP) is 2.30. The summed E-state index contributed by atoms with van der Waals surface area (Å²) in [5.74, 6) is -0.957. The maximum absolute atomic E-state index is 14.2. The number of esters is 1. The zero-order chi connectivity index (χ0) is 28.7. The van der Waals surface area contributed by atoms with E-state index in [1.807, 2.05) is 24.3 Å². The molecule has 4 N–H and O–H groups in total. The van der Waals surface area contributed by atoms with Crippen LogP contribution in [-0.4, -0.2) is 65.9 Å². The molecule has 1 aliphatic heterocycles. The Balaban J connectivity index is 1.39. The zero-order valence-electron chi connectivity index (χ0n) is 22.2.